The molecule has 1 rings (SSSR count). The zero-order valence-corrected chi connectivity index (χ0v) is 9.82. The molecule has 90 valence electrons. The summed E-state index contributed by atoms with van der Waals surface area (Å²) in [6, 6.07) is -0.224. The van der Waals surface area contributed by atoms with Crippen molar-refractivity contribution in [2.75, 3.05) is 6.54 Å². The maximum atomic E-state index is 11.5. The smallest absolute Gasteiger partial charge is 0.273 e. The second-order valence-electron chi connectivity index (χ2n) is 3.72. The summed E-state index contributed by atoms with van der Waals surface area (Å²) in [5, 5.41) is 2.73. The molecule has 3 N–H and O–H groups in total. The number of rotatable bonds is 6. The van der Waals surface area contributed by atoms with Crippen molar-refractivity contribution in [3.05, 3.63) is 17.8 Å². The zero-order valence-electron chi connectivity index (χ0n) is 9.82. The first-order valence-electron chi connectivity index (χ1n) is 5.68. The van der Waals surface area contributed by atoms with Crippen LogP contribution in [0.3, 0.4) is 0 Å². The maximum absolute atomic E-state index is 11.5. The largest absolute Gasteiger partial charge is 0.446 e. The van der Waals surface area contributed by atoms with E-state index < -0.39 is 0 Å². The van der Waals surface area contributed by atoms with Gasteiger partial charge in [-0.25, -0.2) is 4.98 Å². The highest BCUT2D eigenvalue weighted by Gasteiger charge is 2.15. The number of carbonyl (C=O) groups is 1. The molecule has 0 fully saturated rings. The molecule has 5 heteroatoms. The van der Waals surface area contributed by atoms with Crippen molar-refractivity contribution in [2.45, 2.75) is 39.2 Å². The average Bonchev–Trinajstić information content (AvgIpc) is 2.75. The van der Waals surface area contributed by atoms with Gasteiger partial charge in [-0.1, -0.05) is 20.3 Å². The number of hydrogen-bond donors (Lipinski definition) is 2. The highest BCUT2D eigenvalue weighted by Crippen LogP contribution is 2.14. The van der Waals surface area contributed by atoms with E-state index in [-0.39, 0.29) is 11.9 Å². The van der Waals surface area contributed by atoms with Crippen LogP contribution < -0.4 is 11.1 Å². The molecule has 0 radical (unpaired) electrons. The van der Waals surface area contributed by atoms with Crippen molar-refractivity contribution >= 4 is 5.91 Å². The Morgan fingerprint density at radius 2 is 2.31 bits per heavy atom. The molecule has 0 aliphatic heterocycles. The zero-order chi connectivity index (χ0) is 12.0. The first kappa shape index (κ1) is 12.7. The average molecular weight is 225 g/mol. The Hall–Kier alpha value is -1.36. The monoisotopic (exact) mass is 225 g/mol. The van der Waals surface area contributed by atoms with E-state index in [1.165, 1.54) is 6.26 Å². The van der Waals surface area contributed by atoms with E-state index in [9.17, 15) is 4.79 Å². The van der Waals surface area contributed by atoms with E-state index in [1.54, 1.807) is 0 Å². The van der Waals surface area contributed by atoms with Gasteiger partial charge < -0.3 is 15.5 Å². The van der Waals surface area contributed by atoms with Gasteiger partial charge in [0.05, 0.1) is 6.04 Å². The summed E-state index contributed by atoms with van der Waals surface area (Å²) in [5.74, 6) is 0.226. The lowest BCUT2D eigenvalue weighted by Crippen LogP contribution is -2.24. The lowest BCUT2D eigenvalue weighted by molar-refractivity contribution is 0.0948. The molecule has 1 unspecified atom stereocenters. The molecule has 1 aromatic rings. The van der Waals surface area contributed by atoms with E-state index in [1.807, 2.05) is 13.8 Å². The third kappa shape index (κ3) is 3.34. The molecule has 0 bridgehead atoms. The molecule has 16 heavy (non-hydrogen) atoms. The fraction of sp³-hybridized carbons (Fsp3) is 0.636. The molecule has 0 saturated carbocycles. The van der Waals surface area contributed by atoms with Gasteiger partial charge >= 0.3 is 0 Å². The van der Waals surface area contributed by atoms with E-state index in [0.717, 1.165) is 19.3 Å². The Morgan fingerprint density at radius 1 is 1.56 bits per heavy atom. The molecule has 0 spiro atoms. The fourth-order valence-electron chi connectivity index (χ4n) is 1.33. The van der Waals surface area contributed by atoms with Gasteiger partial charge in [-0.15, -0.1) is 0 Å². The van der Waals surface area contributed by atoms with Crippen molar-refractivity contribution in [3.8, 4) is 0 Å². The molecule has 1 atom stereocenters. The summed E-state index contributed by atoms with van der Waals surface area (Å²) in [7, 11) is 0. The molecule has 0 aliphatic rings. The van der Waals surface area contributed by atoms with Crippen molar-refractivity contribution in [2.24, 2.45) is 5.73 Å². The summed E-state index contributed by atoms with van der Waals surface area (Å²) in [5.41, 5.74) is 6.13. The van der Waals surface area contributed by atoms with Crippen LogP contribution in [-0.4, -0.2) is 17.4 Å². The lowest BCUT2D eigenvalue weighted by Gasteiger charge is -2.03. The van der Waals surface area contributed by atoms with Crippen LogP contribution >= 0.6 is 0 Å². The van der Waals surface area contributed by atoms with Gasteiger partial charge in [0.2, 0.25) is 5.89 Å². The number of nitrogens with one attached hydrogen (secondary N) is 1. The van der Waals surface area contributed by atoms with Gasteiger partial charge in [0.1, 0.15) is 6.26 Å². The van der Waals surface area contributed by atoms with Crippen molar-refractivity contribution in [1.82, 2.24) is 10.3 Å². The number of oxazole rings is 1. The first-order valence-corrected chi connectivity index (χ1v) is 5.68. The predicted octanol–water partition coefficient (Wildman–Crippen LogP) is 1.61. The van der Waals surface area contributed by atoms with E-state index in [0.29, 0.717) is 18.1 Å². The van der Waals surface area contributed by atoms with Crippen molar-refractivity contribution in [3.63, 3.8) is 0 Å². The van der Waals surface area contributed by atoms with Gasteiger partial charge in [0.25, 0.3) is 5.91 Å². The van der Waals surface area contributed by atoms with Crippen LogP contribution in [0, 0.1) is 0 Å². The van der Waals surface area contributed by atoms with Crippen molar-refractivity contribution in [1.29, 1.82) is 0 Å². The lowest BCUT2D eigenvalue weighted by atomic mass is 10.2. The third-order valence-electron chi connectivity index (χ3n) is 2.21. The summed E-state index contributed by atoms with van der Waals surface area (Å²) in [6.07, 6.45) is 4.01. The van der Waals surface area contributed by atoms with Gasteiger partial charge in [-0.3, -0.25) is 4.79 Å². The number of nitrogens with two attached hydrogens (primary N) is 1. The van der Waals surface area contributed by atoms with Gasteiger partial charge in [-0.2, -0.15) is 0 Å². The Balaban J connectivity index is 2.60. The highest BCUT2D eigenvalue weighted by atomic mass is 16.3. The molecule has 5 nitrogen and oxygen atoms in total. The SMILES string of the molecule is CCCNC(=O)c1coc(C(N)CCC)n1. The molecule has 1 amide bonds. The standard InChI is InChI=1S/C11H19N3O2/c1-3-5-8(12)11-14-9(7-16-11)10(15)13-6-4-2/h7-8H,3-6,12H2,1-2H3,(H,13,15). The Morgan fingerprint density at radius 3 is 2.94 bits per heavy atom. The fourth-order valence-corrected chi connectivity index (χ4v) is 1.33. The summed E-state index contributed by atoms with van der Waals surface area (Å²) >= 11 is 0. The molecule has 1 heterocycles. The Kier molecular flexibility index (Phi) is 4.98. The number of carbonyl (C=O) groups excluding carboxylic acids is 1. The van der Waals surface area contributed by atoms with Gasteiger partial charge in [-0.05, 0) is 12.8 Å². The summed E-state index contributed by atoms with van der Waals surface area (Å²) in [6.45, 7) is 4.67. The Bertz CT molecular complexity index is 336. The van der Waals surface area contributed by atoms with E-state index in [2.05, 4.69) is 10.3 Å². The molecule has 0 aromatic carbocycles. The number of amides is 1. The molecule has 0 aliphatic carbocycles. The molecular formula is C11H19N3O2. The van der Waals surface area contributed by atoms with Crippen LogP contribution in [-0.2, 0) is 0 Å². The molecule has 0 saturated heterocycles. The topological polar surface area (TPSA) is 81.2 Å². The van der Waals surface area contributed by atoms with Crippen LogP contribution in [0.1, 0.15) is 55.5 Å². The van der Waals surface area contributed by atoms with Crippen LogP contribution in [0.4, 0.5) is 0 Å². The maximum Gasteiger partial charge on any atom is 0.273 e. The predicted molar refractivity (Wildman–Crippen MR) is 61.0 cm³/mol. The van der Waals surface area contributed by atoms with Crippen LogP contribution in [0.5, 0.6) is 0 Å². The number of aromatic nitrogens is 1. The normalized spacial score (nSPS) is 12.4. The molecular weight excluding hydrogens is 206 g/mol. The van der Waals surface area contributed by atoms with Crippen LogP contribution in [0.25, 0.3) is 0 Å². The van der Waals surface area contributed by atoms with Gasteiger partial charge in [0, 0.05) is 6.54 Å². The minimum atomic E-state index is -0.224. The highest BCUT2D eigenvalue weighted by molar-refractivity contribution is 5.91. The van der Waals surface area contributed by atoms with E-state index >= 15 is 0 Å². The number of nitrogens with zero attached hydrogens (tertiary/aromatic N) is 1. The summed E-state index contributed by atoms with van der Waals surface area (Å²) in [4.78, 5) is 15.6. The quantitative estimate of drug-likeness (QED) is 0.770. The second kappa shape index (κ2) is 6.27. The number of hydrogen-bond acceptors (Lipinski definition) is 4. The van der Waals surface area contributed by atoms with Crippen LogP contribution in [0.2, 0.25) is 0 Å². The molecule has 1 aromatic heterocycles. The van der Waals surface area contributed by atoms with Crippen molar-refractivity contribution < 1.29 is 9.21 Å². The van der Waals surface area contributed by atoms with Gasteiger partial charge in [0.15, 0.2) is 5.69 Å². The van der Waals surface area contributed by atoms with E-state index in [4.69, 9.17) is 10.2 Å². The minimum Gasteiger partial charge on any atom is -0.446 e. The Labute approximate surface area is 95.4 Å². The second-order valence-corrected chi connectivity index (χ2v) is 3.72. The third-order valence-corrected chi connectivity index (χ3v) is 2.21. The summed E-state index contributed by atoms with van der Waals surface area (Å²) < 4.78 is 5.18. The minimum absolute atomic E-state index is 0.208. The van der Waals surface area contributed by atoms with Crippen LogP contribution in [0.15, 0.2) is 10.7 Å². The first-order chi connectivity index (χ1) is 7.69.